The molecule has 0 heterocycles. The van der Waals surface area contributed by atoms with Crippen LogP contribution < -0.4 is 4.74 Å². The highest BCUT2D eigenvalue weighted by molar-refractivity contribution is 9.09. The van der Waals surface area contributed by atoms with Gasteiger partial charge in [0.05, 0.1) is 7.11 Å². The highest BCUT2D eigenvalue weighted by Gasteiger charge is 2.32. The molecular formula is C14H19Br2FO. The van der Waals surface area contributed by atoms with Crippen molar-refractivity contribution < 1.29 is 9.13 Å². The van der Waals surface area contributed by atoms with Crippen molar-refractivity contribution in [3.05, 3.63) is 29.6 Å². The van der Waals surface area contributed by atoms with Gasteiger partial charge in [0.15, 0.2) is 11.6 Å². The lowest BCUT2D eigenvalue weighted by Gasteiger charge is -2.34. The zero-order valence-electron chi connectivity index (χ0n) is 11.0. The van der Waals surface area contributed by atoms with E-state index in [0.29, 0.717) is 11.7 Å². The summed E-state index contributed by atoms with van der Waals surface area (Å²) in [6.07, 6.45) is 0.835. The maximum Gasteiger partial charge on any atom is 0.165 e. The van der Waals surface area contributed by atoms with E-state index in [1.165, 1.54) is 7.11 Å². The number of alkyl halides is 2. The molecule has 4 heteroatoms. The van der Waals surface area contributed by atoms with E-state index in [0.717, 1.165) is 22.6 Å². The van der Waals surface area contributed by atoms with Crippen LogP contribution in [0, 0.1) is 17.2 Å². The lowest BCUT2D eigenvalue weighted by atomic mass is 9.76. The molecule has 0 atom stereocenters. The molecule has 0 aromatic heterocycles. The zero-order valence-corrected chi connectivity index (χ0v) is 14.1. The Morgan fingerprint density at radius 2 is 1.89 bits per heavy atom. The van der Waals surface area contributed by atoms with Gasteiger partial charge in [-0.25, -0.2) is 4.39 Å². The summed E-state index contributed by atoms with van der Waals surface area (Å²) in [5.41, 5.74) is 1.10. The molecule has 0 saturated carbocycles. The maximum atomic E-state index is 13.7. The number of hydrogen-bond donors (Lipinski definition) is 0. The standard InChI is InChI=1S/C14H19Br2FO/c1-10(2)14(8-15,9-16)7-11-4-5-13(18-3)12(17)6-11/h4-6,10H,7-9H2,1-3H3. The second-order valence-corrected chi connectivity index (χ2v) is 6.05. The number of hydrogen-bond acceptors (Lipinski definition) is 1. The van der Waals surface area contributed by atoms with Crippen LogP contribution in [0.5, 0.6) is 5.75 Å². The van der Waals surface area contributed by atoms with Gasteiger partial charge in [-0.15, -0.1) is 0 Å². The minimum Gasteiger partial charge on any atom is -0.494 e. The van der Waals surface area contributed by atoms with Crippen LogP contribution in [0.15, 0.2) is 18.2 Å². The van der Waals surface area contributed by atoms with Gasteiger partial charge in [-0.3, -0.25) is 0 Å². The first kappa shape index (κ1) is 16.0. The molecule has 0 aliphatic rings. The Morgan fingerprint density at radius 3 is 2.28 bits per heavy atom. The molecule has 18 heavy (non-hydrogen) atoms. The molecular weight excluding hydrogens is 363 g/mol. The van der Waals surface area contributed by atoms with Gasteiger partial charge in [0.1, 0.15) is 0 Å². The average molecular weight is 382 g/mol. The first-order valence-corrected chi connectivity index (χ1v) is 8.17. The smallest absolute Gasteiger partial charge is 0.165 e. The molecule has 0 bridgehead atoms. The molecule has 0 radical (unpaired) electrons. The van der Waals surface area contributed by atoms with Crippen LogP contribution in [0.25, 0.3) is 0 Å². The molecule has 0 saturated heterocycles. The Balaban J connectivity index is 2.98. The van der Waals surface area contributed by atoms with Gasteiger partial charge in [-0.2, -0.15) is 0 Å². The van der Waals surface area contributed by atoms with Crippen molar-refractivity contribution in [3.63, 3.8) is 0 Å². The number of methoxy groups -OCH3 is 1. The normalized spacial score (nSPS) is 11.9. The first-order chi connectivity index (χ1) is 8.49. The predicted octanol–water partition coefficient (Wildman–Crippen LogP) is 4.81. The van der Waals surface area contributed by atoms with Crippen LogP contribution >= 0.6 is 31.9 Å². The summed E-state index contributed by atoms with van der Waals surface area (Å²) in [5, 5.41) is 1.77. The van der Waals surface area contributed by atoms with E-state index >= 15 is 0 Å². The van der Waals surface area contributed by atoms with E-state index in [9.17, 15) is 4.39 Å². The second-order valence-electron chi connectivity index (χ2n) is 4.93. The van der Waals surface area contributed by atoms with E-state index in [1.54, 1.807) is 12.1 Å². The summed E-state index contributed by atoms with van der Waals surface area (Å²) in [5.74, 6) is 0.504. The van der Waals surface area contributed by atoms with E-state index in [-0.39, 0.29) is 11.2 Å². The Hall–Kier alpha value is -0.0900. The fraction of sp³-hybridized carbons (Fsp3) is 0.571. The molecule has 0 N–H and O–H groups in total. The third-order valence-corrected chi connectivity index (χ3v) is 5.76. The van der Waals surface area contributed by atoms with E-state index in [2.05, 4.69) is 45.7 Å². The average Bonchev–Trinajstić information content (AvgIpc) is 2.36. The highest BCUT2D eigenvalue weighted by atomic mass is 79.9. The molecule has 1 nitrogen and oxygen atoms in total. The Kier molecular flexibility index (Phi) is 6.12. The fourth-order valence-electron chi connectivity index (χ4n) is 1.87. The van der Waals surface area contributed by atoms with Crippen molar-refractivity contribution in [1.29, 1.82) is 0 Å². The summed E-state index contributed by atoms with van der Waals surface area (Å²) in [7, 11) is 1.48. The van der Waals surface area contributed by atoms with Crippen molar-refractivity contribution in [2.75, 3.05) is 17.8 Å². The van der Waals surface area contributed by atoms with Gasteiger partial charge in [-0.1, -0.05) is 51.8 Å². The van der Waals surface area contributed by atoms with Crippen LogP contribution in [-0.4, -0.2) is 17.8 Å². The first-order valence-electron chi connectivity index (χ1n) is 5.93. The predicted molar refractivity (Wildman–Crippen MR) is 81.5 cm³/mol. The third-order valence-electron chi connectivity index (χ3n) is 3.53. The summed E-state index contributed by atoms with van der Waals surface area (Å²) >= 11 is 7.18. The molecule has 1 aromatic carbocycles. The van der Waals surface area contributed by atoms with Crippen molar-refractivity contribution in [2.45, 2.75) is 20.3 Å². The quantitative estimate of drug-likeness (QED) is 0.642. The second kappa shape index (κ2) is 6.90. The maximum absolute atomic E-state index is 13.7. The third kappa shape index (κ3) is 3.47. The van der Waals surface area contributed by atoms with Gasteiger partial charge in [0.25, 0.3) is 0 Å². The lowest BCUT2D eigenvalue weighted by Crippen LogP contribution is -2.33. The van der Waals surface area contributed by atoms with Gasteiger partial charge in [-0.05, 0) is 35.4 Å². The van der Waals surface area contributed by atoms with Crippen LogP contribution in [0.4, 0.5) is 4.39 Å². The van der Waals surface area contributed by atoms with Crippen molar-refractivity contribution in [2.24, 2.45) is 11.3 Å². The molecule has 0 spiro atoms. The zero-order chi connectivity index (χ0) is 13.8. The van der Waals surface area contributed by atoms with Gasteiger partial charge < -0.3 is 4.74 Å². The van der Waals surface area contributed by atoms with E-state index < -0.39 is 0 Å². The SMILES string of the molecule is COc1ccc(CC(CBr)(CBr)C(C)C)cc1F. The summed E-state index contributed by atoms with van der Waals surface area (Å²) in [4.78, 5) is 0. The summed E-state index contributed by atoms with van der Waals surface area (Å²) < 4.78 is 18.6. The number of ether oxygens (including phenoxy) is 1. The molecule has 1 rings (SSSR count). The number of rotatable bonds is 6. The lowest BCUT2D eigenvalue weighted by molar-refractivity contribution is 0.267. The molecule has 0 fully saturated rings. The molecule has 0 unspecified atom stereocenters. The van der Waals surface area contributed by atoms with Crippen LogP contribution in [0.2, 0.25) is 0 Å². The van der Waals surface area contributed by atoms with Gasteiger partial charge in [0.2, 0.25) is 0 Å². The Labute approximate surface area is 125 Å². The van der Waals surface area contributed by atoms with Crippen LogP contribution in [0.3, 0.4) is 0 Å². The summed E-state index contributed by atoms with van der Waals surface area (Å²) in [6.45, 7) is 4.39. The molecule has 0 aliphatic heterocycles. The monoisotopic (exact) mass is 380 g/mol. The Morgan fingerprint density at radius 1 is 1.28 bits per heavy atom. The van der Waals surface area contributed by atoms with Gasteiger partial charge >= 0.3 is 0 Å². The fourth-order valence-corrected chi connectivity index (χ4v) is 4.49. The topological polar surface area (TPSA) is 9.23 Å². The number of halogens is 3. The van der Waals surface area contributed by atoms with Gasteiger partial charge in [0, 0.05) is 10.7 Å². The van der Waals surface area contributed by atoms with Crippen molar-refractivity contribution in [1.82, 2.24) is 0 Å². The van der Waals surface area contributed by atoms with Crippen LogP contribution in [0.1, 0.15) is 19.4 Å². The van der Waals surface area contributed by atoms with Crippen molar-refractivity contribution >= 4 is 31.9 Å². The minimum absolute atomic E-state index is 0.0982. The minimum atomic E-state index is -0.295. The molecule has 0 amide bonds. The summed E-state index contributed by atoms with van der Waals surface area (Å²) in [6, 6.07) is 5.20. The largest absolute Gasteiger partial charge is 0.494 e. The van der Waals surface area contributed by atoms with Crippen molar-refractivity contribution in [3.8, 4) is 5.75 Å². The molecule has 102 valence electrons. The van der Waals surface area contributed by atoms with Crippen LogP contribution in [-0.2, 0) is 6.42 Å². The van der Waals surface area contributed by atoms with E-state index in [1.807, 2.05) is 6.07 Å². The molecule has 0 aliphatic carbocycles. The Bertz CT molecular complexity index is 389. The highest BCUT2D eigenvalue weighted by Crippen LogP contribution is 2.36. The van der Waals surface area contributed by atoms with E-state index in [4.69, 9.17) is 4.74 Å². The number of benzene rings is 1. The molecule has 1 aromatic rings.